The van der Waals surface area contributed by atoms with Gasteiger partial charge in [0.1, 0.15) is 0 Å². The highest BCUT2D eigenvalue weighted by molar-refractivity contribution is 5.17. The van der Waals surface area contributed by atoms with Crippen LogP contribution < -0.4 is 0 Å². The lowest BCUT2D eigenvalue weighted by Gasteiger charge is -2.42. The van der Waals surface area contributed by atoms with Gasteiger partial charge in [-0.25, -0.2) is 8.78 Å². The van der Waals surface area contributed by atoms with Crippen molar-refractivity contribution in [2.24, 2.45) is 17.8 Å². The maximum Gasteiger partial charge on any atom is 0.423 e. The predicted molar refractivity (Wildman–Crippen MR) is 41.3 cm³/mol. The predicted octanol–water partition coefficient (Wildman–Crippen LogP) is 2.59. The second-order valence-electron chi connectivity index (χ2n) is 4.64. The number of aliphatic hydroxyl groups is 1. The first-order valence-electron chi connectivity index (χ1n) is 4.79. The van der Waals surface area contributed by atoms with E-state index in [0.29, 0.717) is 0 Å². The van der Waals surface area contributed by atoms with Crippen molar-refractivity contribution in [3.63, 3.8) is 0 Å². The first kappa shape index (κ1) is 11.1. The summed E-state index contributed by atoms with van der Waals surface area (Å²) in [6, 6.07) is 0. The fourth-order valence-corrected chi connectivity index (χ4v) is 3.07. The van der Waals surface area contributed by atoms with Crippen LogP contribution in [0.5, 0.6) is 0 Å². The summed E-state index contributed by atoms with van der Waals surface area (Å²) in [4.78, 5) is 0. The zero-order chi connectivity index (χ0) is 11.6. The number of fused-ring (bicyclic) bond motifs is 2. The molecule has 6 heteroatoms. The highest BCUT2D eigenvalue weighted by atomic mass is 19.4. The maximum atomic E-state index is 13.5. The maximum absolute atomic E-state index is 13.5. The minimum absolute atomic E-state index is 0.0241. The summed E-state index contributed by atoms with van der Waals surface area (Å²) in [5, 5.41) is 9.29. The molecule has 0 saturated heterocycles. The summed E-state index contributed by atoms with van der Waals surface area (Å²) in [6.07, 6.45) is -5.46. The van der Waals surface area contributed by atoms with Gasteiger partial charge < -0.3 is 5.11 Å². The molecule has 2 bridgehead atoms. The Balaban J connectivity index is 2.45. The third-order valence-electron chi connectivity index (χ3n) is 3.88. The SMILES string of the molecule is C[C@@H]1CC2C[C@H]1C(F)(F)C2(O)C(F)(F)F. The molecule has 0 amide bonds. The summed E-state index contributed by atoms with van der Waals surface area (Å²) < 4.78 is 64.4. The number of alkyl halides is 5. The van der Waals surface area contributed by atoms with Gasteiger partial charge in [-0.2, -0.15) is 13.2 Å². The first-order valence-corrected chi connectivity index (χ1v) is 4.79. The van der Waals surface area contributed by atoms with Gasteiger partial charge in [0.25, 0.3) is 5.92 Å². The number of halogens is 5. The van der Waals surface area contributed by atoms with Crippen molar-refractivity contribution in [2.75, 3.05) is 0 Å². The molecule has 2 rings (SSSR count). The van der Waals surface area contributed by atoms with E-state index in [2.05, 4.69) is 0 Å². The number of rotatable bonds is 0. The Morgan fingerprint density at radius 1 is 1.20 bits per heavy atom. The second-order valence-corrected chi connectivity index (χ2v) is 4.64. The molecule has 0 spiro atoms. The van der Waals surface area contributed by atoms with Crippen LogP contribution in [0, 0.1) is 17.8 Å². The average molecular weight is 230 g/mol. The van der Waals surface area contributed by atoms with Crippen LogP contribution in [0.3, 0.4) is 0 Å². The Morgan fingerprint density at radius 3 is 2.07 bits per heavy atom. The zero-order valence-corrected chi connectivity index (χ0v) is 7.98. The molecule has 2 unspecified atom stereocenters. The summed E-state index contributed by atoms with van der Waals surface area (Å²) in [7, 11) is 0. The van der Waals surface area contributed by atoms with Gasteiger partial charge in [0.2, 0.25) is 5.60 Å². The van der Waals surface area contributed by atoms with Crippen LogP contribution in [-0.2, 0) is 0 Å². The molecule has 0 aliphatic heterocycles. The van der Waals surface area contributed by atoms with E-state index in [-0.39, 0.29) is 12.8 Å². The smallest absolute Gasteiger partial charge is 0.376 e. The fraction of sp³-hybridized carbons (Fsp3) is 1.00. The van der Waals surface area contributed by atoms with Gasteiger partial charge in [-0.15, -0.1) is 0 Å². The van der Waals surface area contributed by atoms with Gasteiger partial charge in [0, 0.05) is 11.8 Å². The topological polar surface area (TPSA) is 20.2 Å². The third kappa shape index (κ3) is 1.06. The lowest BCUT2D eigenvalue weighted by atomic mass is 9.76. The van der Waals surface area contributed by atoms with Crippen LogP contribution in [-0.4, -0.2) is 22.8 Å². The van der Waals surface area contributed by atoms with Gasteiger partial charge in [0.05, 0.1) is 0 Å². The van der Waals surface area contributed by atoms with Crippen molar-refractivity contribution in [1.29, 1.82) is 0 Å². The summed E-state index contributed by atoms with van der Waals surface area (Å²) in [5.41, 5.74) is -3.81. The van der Waals surface area contributed by atoms with E-state index in [1.807, 2.05) is 0 Å². The molecule has 0 heterocycles. The molecule has 2 aliphatic carbocycles. The molecule has 2 saturated carbocycles. The van der Waals surface area contributed by atoms with E-state index in [1.165, 1.54) is 6.92 Å². The van der Waals surface area contributed by atoms with Crippen LogP contribution in [0.2, 0.25) is 0 Å². The van der Waals surface area contributed by atoms with Crippen molar-refractivity contribution < 1.29 is 27.1 Å². The molecule has 0 radical (unpaired) electrons. The van der Waals surface area contributed by atoms with Gasteiger partial charge >= 0.3 is 6.18 Å². The minimum atomic E-state index is -5.25. The quantitative estimate of drug-likeness (QED) is 0.634. The monoisotopic (exact) mass is 230 g/mol. The molecular formula is C9H11F5O. The Labute approximate surface area is 83.3 Å². The van der Waals surface area contributed by atoms with Crippen molar-refractivity contribution >= 4 is 0 Å². The van der Waals surface area contributed by atoms with E-state index in [0.717, 1.165) is 0 Å². The largest absolute Gasteiger partial charge is 0.423 e. The molecule has 0 aromatic carbocycles. The molecule has 1 nitrogen and oxygen atoms in total. The van der Waals surface area contributed by atoms with E-state index in [9.17, 15) is 27.1 Å². The van der Waals surface area contributed by atoms with Crippen molar-refractivity contribution in [3.8, 4) is 0 Å². The van der Waals surface area contributed by atoms with Crippen LogP contribution in [0.15, 0.2) is 0 Å². The highest BCUT2D eigenvalue weighted by Gasteiger charge is 2.81. The molecule has 2 fully saturated rings. The fourth-order valence-electron chi connectivity index (χ4n) is 3.07. The normalized spacial score (nSPS) is 48.6. The molecule has 0 aromatic heterocycles. The van der Waals surface area contributed by atoms with Gasteiger partial charge in [-0.3, -0.25) is 0 Å². The molecule has 15 heavy (non-hydrogen) atoms. The molecule has 2 aliphatic rings. The molecule has 88 valence electrons. The zero-order valence-electron chi connectivity index (χ0n) is 7.98. The lowest BCUT2D eigenvalue weighted by molar-refractivity contribution is -0.350. The standard InChI is InChI=1S/C9H11F5O/c1-4-2-5-3-6(4)8(10,11)7(5,15)9(12,13)14/h4-6,15H,2-3H2,1H3/t4-,5?,6-,7?/m1/s1. The lowest BCUT2D eigenvalue weighted by Crippen LogP contribution is -2.63. The summed E-state index contributed by atoms with van der Waals surface area (Å²) >= 11 is 0. The van der Waals surface area contributed by atoms with E-state index in [1.54, 1.807) is 0 Å². The number of hydrogen-bond donors (Lipinski definition) is 1. The van der Waals surface area contributed by atoms with Gasteiger partial charge in [0.15, 0.2) is 0 Å². The Kier molecular flexibility index (Phi) is 1.96. The average Bonchev–Trinajstić information content (AvgIpc) is 2.49. The van der Waals surface area contributed by atoms with Crippen LogP contribution in [0.4, 0.5) is 22.0 Å². The van der Waals surface area contributed by atoms with Crippen LogP contribution >= 0.6 is 0 Å². The summed E-state index contributed by atoms with van der Waals surface area (Å²) in [5.74, 6) is -7.19. The van der Waals surface area contributed by atoms with E-state index in [4.69, 9.17) is 0 Å². The van der Waals surface area contributed by atoms with E-state index >= 15 is 0 Å². The number of hydrogen-bond acceptors (Lipinski definition) is 1. The van der Waals surface area contributed by atoms with Crippen LogP contribution in [0.25, 0.3) is 0 Å². The first-order chi connectivity index (χ1) is 6.62. The molecular weight excluding hydrogens is 219 g/mol. The highest BCUT2D eigenvalue weighted by Crippen LogP contribution is 2.65. The molecule has 1 N–H and O–H groups in total. The van der Waals surface area contributed by atoms with Gasteiger partial charge in [-0.05, 0) is 18.8 Å². The minimum Gasteiger partial charge on any atom is -0.376 e. The van der Waals surface area contributed by atoms with Gasteiger partial charge in [-0.1, -0.05) is 6.92 Å². The van der Waals surface area contributed by atoms with Crippen molar-refractivity contribution in [3.05, 3.63) is 0 Å². The Bertz CT molecular complexity index is 287. The Hall–Kier alpha value is -0.390. The van der Waals surface area contributed by atoms with Crippen molar-refractivity contribution in [2.45, 2.75) is 37.5 Å². The molecule has 4 atom stereocenters. The van der Waals surface area contributed by atoms with Crippen molar-refractivity contribution in [1.82, 2.24) is 0 Å². The second kappa shape index (κ2) is 2.64. The Morgan fingerprint density at radius 2 is 1.73 bits per heavy atom. The molecule has 0 aromatic rings. The van der Waals surface area contributed by atoms with E-state index < -0.39 is 35.5 Å². The van der Waals surface area contributed by atoms with Crippen LogP contribution in [0.1, 0.15) is 19.8 Å². The third-order valence-corrected chi connectivity index (χ3v) is 3.88. The summed E-state index contributed by atoms with van der Waals surface area (Å²) in [6.45, 7) is 1.51.